The van der Waals surface area contributed by atoms with Gasteiger partial charge in [-0.2, -0.15) is 0 Å². The molecule has 0 unspecified atom stereocenters. The third-order valence-electron chi connectivity index (χ3n) is 5.78. The number of likely N-dealkylation sites (tertiary alicyclic amines) is 1. The van der Waals surface area contributed by atoms with Gasteiger partial charge < -0.3 is 14.2 Å². The first-order chi connectivity index (χ1) is 13.8. The molecule has 6 heteroatoms. The summed E-state index contributed by atoms with van der Waals surface area (Å²) >= 11 is 0. The number of rotatable bonds is 5. The quantitative estimate of drug-likeness (QED) is 0.691. The van der Waals surface area contributed by atoms with E-state index in [0.29, 0.717) is 17.0 Å². The molecule has 1 aromatic carbocycles. The van der Waals surface area contributed by atoms with Crippen LogP contribution in [0, 0.1) is 12.7 Å². The summed E-state index contributed by atoms with van der Waals surface area (Å²) in [5.74, 6) is -0.720. The SMILES string of the molecule is CCOC(=O)c1cc(-c2ccc(F)cc2)n(CC(=O)N2[C@H](C)CCC[C@@H]2C)c1C. The van der Waals surface area contributed by atoms with Crippen molar-refractivity contribution in [2.45, 2.75) is 65.6 Å². The Kier molecular flexibility index (Phi) is 6.40. The van der Waals surface area contributed by atoms with Crippen LogP contribution in [-0.4, -0.2) is 40.0 Å². The zero-order valence-corrected chi connectivity index (χ0v) is 17.6. The molecule has 0 radical (unpaired) electrons. The molecule has 156 valence electrons. The number of carbonyl (C=O) groups is 2. The molecule has 1 fully saturated rings. The lowest BCUT2D eigenvalue weighted by atomic mass is 9.97. The first-order valence-corrected chi connectivity index (χ1v) is 10.3. The number of amides is 1. The van der Waals surface area contributed by atoms with E-state index >= 15 is 0 Å². The minimum atomic E-state index is -0.417. The minimum absolute atomic E-state index is 0.0298. The molecule has 0 saturated carbocycles. The van der Waals surface area contributed by atoms with Gasteiger partial charge in [-0.05, 0) is 82.9 Å². The Morgan fingerprint density at radius 1 is 1.14 bits per heavy atom. The van der Waals surface area contributed by atoms with Gasteiger partial charge in [0.05, 0.1) is 12.2 Å². The van der Waals surface area contributed by atoms with E-state index in [0.717, 1.165) is 24.8 Å². The topological polar surface area (TPSA) is 51.5 Å². The van der Waals surface area contributed by atoms with E-state index in [4.69, 9.17) is 4.74 Å². The number of esters is 1. The maximum atomic E-state index is 13.4. The third-order valence-corrected chi connectivity index (χ3v) is 5.78. The second kappa shape index (κ2) is 8.80. The summed E-state index contributed by atoms with van der Waals surface area (Å²) in [6.07, 6.45) is 3.13. The maximum Gasteiger partial charge on any atom is 0.339 e. The monoisotopic (exact) mass is 400 g/mol. The van der Waals surface area contributed by atoms with Gasteiger partial charge in [-0.15, -0.1) is 0 Å². The van der Waals surface area contributed by atoms with Crippen molar-refractivity contribution >= 4 is 11.9 Å². The summed E-state index contributed by atoms with van der Waals surface area (Å²) in [7, 11) is 0. The Hall–Kier alpha value is -2.63. The Balaban J connectivity index is 2.00. The minimum Gasteiger partial charge on any atom is -0.462 e. The van der Waals surface area contributed by atoms with E-state index < -0.39 is 5.97 Å². The number of piperidine rings is 1. The molecule has 0 bridgehead atoms. The average Bonchev–Trinajstić information content (AvgIpc) is 2.99. The van der Waals surface area contributed by atoms with Gasteiger partial charge in [-0.1, -0.05) is 0 Å². The van der Waals surface area contributed by atoms with E-state index in [-0.39, 0.29) is 37.0 Å². The van der Waals surface area contributed by atoms with Gasteiger partial charge in [0.1, 0.15) is 12.4 Å². The number of hydrogen-bond acceptors (Lipinski definition) is 3. The summed E-state index contributed by atoms with van der Waals surface area (Å²) in [6.45, 7) is 8.15. The zero-order chi connectivity index (χ0) is 21.1. The van der Waals surface area contributed by atoms with Crippen molar-refractivity contribution in [3.8, 4) is 11.3 Å². The molecular weight excluding hydrogens is 371 g/mol. The van der Waals surface area contributed by atoms with E-state index in [9.17, 15) is 14.0 Å². The highest BCUT2D eigenvalue weighted by atomic mass is 19.1. The third kappa shape index (κ3) is 4.36. The van der Waals surface area contributed by atoms with Crippen LogP contribution in [0.1, 0.15) is 56.1 Å². The smallest absolute Gasteiger partial charge is 0.339 e. The molecule has 2 heterocycles. The summed E-state index contributed by atoms with van der Waals surface area (Å²) in [6, 6.07) is 8.20. The van der Waals surface area contributed by atoms with Crippen LogP contribution in [0.3, 0.4) is 0 Å². The zero-order valence-electron chi connectivity index (χ0n) is 17.6. The molecule has 1 aliphatic rings. The Morgan fingerprint density at radius 2 is 1.76 bits per heavy atom. The van der Waals surface area contributed by atoms with E-state index in [1.807, 2.05) is 16.4 Å². The van der Waals surface area contributed by atoms with Gasteiger partial charge in [0, 0.05) is 23.5 Å². The van der Waals surface area contributed by atoms with Crippen molar-refractivity contribution in [2.75, 3.05) is 6.61 Å². The van der Waals surface area contributed by atoms with Gasteiger partial charge in [0.15, 0.2) is 0 Å². The number of halogens is 1. The fourth-order valence-corrected chi connectivity index (χ4v) is 4.25. The van der Waals surface area contributed by atoms with E-state index in [1.54, 1.807) is 25.1 Å². The van der Waals surface area contributed by atoms with E-state index in [2.05, 4.69) is 13.8 Å². The molecule has 5 nitrogen and oxygen atoms in total. The molecule has 2 aromatic rings. The molecule has 1 aromatic heterocycles. The number of hydrogen-bond donors (Lipinski definition) is 0. The fourth-order valence-electron chi connectivity index (χ4n) is 4.25. The fraction of sp³-hybridized carbons (Fsp3) is 0.478. The second-order valence-corrected chi connectivity index (χ2v) is 7.77. The van der Waals surface area contributed by atoms with Gasteiger partial charge in [0.2, 0.25) is 5.91 Å². The summed E-state index contributed by atoms with van der Waals surface area (Å²) < 4.78 is 20.4. The predicted octanol–water partition coefficient (Wildman–Crippen LogP) is 4.57. The predicted molar refractivity (Wildman–Crippen MR) is 110 cm³/mol. The van der Waals surface area contributed by atoms with Crippen molar-refractivity contribution < 1.29 is 18.7 Å². The Labute approximate surface area is 171 Å². The standard InChI is InChI=1S/C23H29FN2O3/c1-5-29-23(28)20-13-21(18-9-11-19(24)12-10-18)25(17(20)4)14-22(27)26-15(2)7-6-8-16(26)3/h9-13,15-16H,5-8,14H2,1-4H3/t15-,16+. The molecule has 0 spiro atoms. The Bertz CT molecular complexity index is 878. The number of ether oxygens (including phenoxy) is 1. The molecule has 3 rings (SSSR count). The Morgan fingerprint density at radius 3 is 2.34 bits per heavy atom. The number of aromatic nitrogens is 1. The van der Waals surface area contributed by atoms with Crippen LogP contribution in [0.5, 0.6) is 0 Å². The van der Waals surface area contributed by atoms with Crippen LogP contribution in [-0.2, 0) is 16.1 Å². The molecule has 1 amide bonds. The van der Waals surface area contributed by atoms with Crippen molar-refractivity contribution in [3.63, 3.8) is 0 Å². The lowest BCUT2D eigenvalue weighted by Gasteiger charge is -2.39. The lowest BCUT2D eigenvalue weighted by Crippen LogP contribution is -2.48. The summed E-state index contributed by atoms with van der Waals surface area (Å²) in [5, 5.41) is 0. The molecular formula is C23H29FN2O3. The van der Waals surface area contributed by atoms with E-state index in [1.165, 1.54) is 12.1 Å². The van der Waals surface area contributed by atoms with Crippen LogP contribution in [0.2, 0.25) is 0 Å². The van der Waals surface area contributed by atoms with Crippen molar-refractivity contribution in [1.82, 2.24) is 9.47 Å². The van der Waals surface area contributed by atoms with Crippen molar-refractivity contribution in [1.29, 1.82) is 0 Å². The van der Waals surface area contributed by atoms with Crippen molar-refractivity contribution in [2.24, 2.45) is 0 Å². The van der Waals surface area contributed by atoms with Crippen LogP contribution in [0.25, 0.3) is 11.3 Å². The number of carbonyl (C=O) groups excluding carboxylic acids is 2. The lowest BCUT2D eigenvalue weighted by molar-refractivity contribution is -0.137. The average molecular weight is 400 g/mol. The largest absolute Gasteiger partial charge is 0.462 e. The normalized spacial score (nSPS) is 19.3. The van der Waals surface area contributed by atoms with Crippen LogP contribution < -0.4 is 0 Å². The number of benzene rings is 1. The molecule has 0 aliphatic carbocycles. The highest BCUT2D eigenvalue weighted by molar-refractivity contribution is 5.93. The second-order valence-electron chi connectivity index (χ2n) is 7.77. The molecule has 1 saturated heterocycles. The van der Waals surface area contributed by atoms with Gasteiger partial charge >= 0.3 is 5.97 Å². The summed E-state index contributed by atoms with van der Waals surface area (Å²) in [4.78, 5) is 27.6. The highest BCUT2D eigenvalue weighted by Crippen LogP contribution is 2.29. The number of nitrogens with zero attached hydrogens (tertiary/aromatic N) is 2. The maximum absolute atomic E-state index is 13.4. The van der Waals surface area contributed by atoms with Gasteiger partial charge in [-0.3, -0.25) is 4.79 Å². The van der Waals surface area contributed by atoms with Crippen LogP contribution in [0.15, 0.2) is 30.3 Å². The first kappa shape index (κ1) is 21.1. The summed E-state index contributed by atoms with van der Waals surface area (Å²) in [5.41, 5.74) is 2.56. The molecule has 29 heavy (non-hydrogen) atoms. The van der Waals surface area contributed by atoms with Gasteiger partial charge in [0.25, 0.3) is 0 Å². The van der Waals surface area contributed by atoms with Crippen molar-refractivity contribution in [3.05, 3.63) is 47.4 Å². The highest BCUT2D eigenvalue weighted by Gasteiger charge is 2.30. The first-order valence-electron chi connectivity index (χ1n) is 10.3. The molecule has 0 N–H and O–H groups in total. The van der Waals surface area contributed by atoms with Gasteiger partial charge in [-0.25, -0.2) is 9.18 Å². The molecule has 1 aliphatic heterocycles. The van der Waals surface area contributed by atoms with Crippen LogP contribution in [0.4, 0.5) is 4.39 Å². The molecule has 2 atom stereocenters. The van der Waals surface area contributed by atoms with Crippen LogP contribution >= 0.6 is 0 Å².